The fourth-order valence-corrected chi connectivity index (χ4v) is 4.15. The Labute approximate surface area is 150 Å². The van der Waals surface area contributed by atoms with E-state index in [0.29, 0.717) is 5.76 Å². The van der Waals surface area contributed by atoms with Crippen molar-refractivity contribution in [1.29, 1.82) is 0 Å². The zero-order chi connectivity index (χ0) is 18.9. The van der Waals surface area contributed by atoms with E-state index in [1.807, 2.05) is 0 Å². The lowest BCUT2D eigenvalue weighted by Crippen LogP contribution is -2.50. The molecule has 0 spiro atoms. The second-order valence-electron chi connectivity index (χ2n) is 5.86. The molecule has 1 aromatic carbocycles. The lowest BCUT2D eigenvalue weighted by Gasteiger charge is -2.33. The van der Waals surface area contributed by atoms with Gasteiger partial charge < -0.3 is 9.32 Å². The second kappa shape index (κ2) is 6.89. The zero-order valence-electron chi connectivity index (χ0n) is 14.0. The maximum absolute atomic E-state index is 12.7. The largest absolute Gasteiger partial charge is 0.456 e. The van der Waals surface area contributed by atoms with Crippen LogP contribution in [0.15, 0.2) is 45.7 Å². The summed E-state index contributed by atoms with van der Waals surface area (Å²) >= 11 is 0. The number of sulfonamides is 1. The van der Waals surface area contributed by atoms with Gasteiger partial charge in [0.25, 0.3) is 11.6 Å². The van der Waals surface area contributed by atoms with Crippen LogP contribution in [-0.2, 0) is 10.0 Å². The fourth-order valence-electron chi connectivity index (χ4n) is 2.73. The van der Waals surface area contributed by atoms with Crippen molar-refractivity contribution < 1.29 is 22.6 Å². The summed E-state index contributed by atoms with van der Waals surface area (Å²) in [4.78, 5) is 24.0. The molecule has 0 bridgehead atoms. The maximum atomic E-state index is 12.7. The number of benzene rings is 1. The van der Waals surface area contributed by atoms with Gasteiger partial charge in [-0.15, -0.1) is 0 Å². The molecule has 1 saturated heterocycles. The molecule has 2 aromatic rings. The lowest BCUT2D eigenvalue weighted by molar-refractivity contribution is -0.384. The quantitative estimate of drug-likeness (QED) is 0.589. The van der Waals surface area contributed by atoms with Gasteiger partial charge in [0, 0.05) is 38.3 Å². The number of amides is 1. The topological polar surface area (TPSA) is 114 Å². The van der Waals surface area contributed by atoms with Crippen molar-refractivity contribution in [2.75, 3.05) is 26.2 Å². The summed E-state index contributed by atoms with van der Waals surface area (Å²) in [7, 11) is -3.76. The molecule has 1 amide bonds. The number of nitro benzene ring substituents is 1. The Hall–Kier alpha value is -2.72. The zero-order valence-corrected chi connectivity index (χ0v) is 14.8. The smallest absolute Gasteiger partial charge is 0.289 e. The third kappa shape index (κ3) is 3.46. The van der Waals surface area contributed by atoms with Crippen molar-refractivity contribution >= 4 is 21.6 Å². The number of non-ortho nitro benzene ring substituents is 1. The van der Waals surface area contributed by atoms with Gasteiger partial charge in [-0.2, -0.15) is 4.31 Å². The highest BCUT2D eigenvalue weighted by atomic mass is 32.2. The van der Waals surface area contributed by atoms with E-state index in [2.05, 4.69) is 0 Å². The Bertz CT molecular complexity index is 927. The highest BCUT2D eigenvalue weighted by Gasteiger charge is 2.31. The highest BCUT2D eigenvalue weighted by molar-refractivity contribution is 7.89. The molecule has 1 aliphatic rings. The van der Waals surface area contributed by atoms with Crippen LogP contribution in [0.25, 0.3) is 0 Å². The molecular weight excluding hydrogens is 362 g/mol. The third-order valence-corrected chi connectivity index (χ3v) is 6.08. The molecular formula is C16H17N3O6S. The first kappa shape index (κ1) is 18.1. The van der Waals surface area contributed by atoms with Crippen molar-refractivity contribution in [3.05, 3.63) is 58.0 Å². The van der Waals surface area contributed by atoms with Crippen LogP contribution < -0.4 is 0 Å². The van der Waals surface area contributed by atoms with Crippen LogP contribution in [0, 0.1) is 17.0 Å². The van der Waals surface area contributed by atoms with Crippen molar-refractivity contribution in [2.45, 2.75) is 11.8 Å². The SMILES string of the molecule is Cc1ccc(C(=O)N2CCN(S(=O)(=O)c3ccc([N+](=O)[O-])cc3)CC2)o1. The highest BCUT2D eigenvalue weighted by Crippen LogP contribution is 2.21. The Kier molecular flexibility index (Phi) is 4.79. The third-order valence-electron chi connectivity index (χ3n) is 4.16. The predicted octanol–water partition coefficient (Wildman–Crippen LogP) is 1.64. The summed E-state index contributed by atoms with van der Waals surface area (Å²) in [6.45, 7) is 2.51. The van der Waals surface area contributed by atoms with E-state index in [9.17, 15) is 23.3 Å². The van der Waals surface area contributed by atoms with Crippen LogP contribution in [0.5, 0.6) is 0 Å². The molecule has 0 unspecified atom stereocenters. The number of furan rings is 1. The standard InChI is InChI=1S/C16H17N3O6S/c1-12-2-7-15(25-12)16(20)17-8-10-18(11-9-17)26(23,24)14-5-3-13(4-6-14)19(21)22/h2-7H,8-11H2,1H3. The Morgan fingerprint density at radius 2 is 1.69 bits per heavy atom. The summed E-state index contributed by atoms with van der Waals surface area (Å²) < 4.78 is 31.9. The Morgan fingerprint density at radius 1 is 1.08 bits per heavy atom. The van der Waals surface area contributed by atoms with Gasteiger partial charge in [0.1, 0.15) is 5.76 Å². The molecule has 1 aromatic heterocycles. The molecule has 3 rings (SSSR count). The monoisotopic (exact) mass is 379 g/mol. The van der Waals surface area contributed by atoms with Gasteiger partial charge in [0.05, 0.1) is 9.82 Å². The van der Waals surface area contributed by atoms with Crippen molar-refractivity contribution in [3.63, 3.8) is 0 Å². The van der Waals surface area contributed by atoms with Gasteiger partial charge in [0.2, 0.25) is 10.0 Å². The number of nitro groups is 1. The van der Waals surface area contributed by atoms with Gasteiger partial charge in [-0.05, 0) is 31.2 Å². The average molecular weight is 379 g/mol. The van der Waals surface area contributed by atoms with E-state index >= 15 is 0 Å². The minimum atomic E-state index is -3.76. The van der Waals surface area contributed by atoms with Crippen molar-refractivity contribution in [3.8, 4) is 0 Å². The Balaban J connectivity index is 1.68. The average Bonchev–Trinajstić information content (AvgIpc) is 3.07. The summed E-state index contributed by atoms with van der Waals surface area (Å²) in [5, 5.41) is 10.7. The van der Waals surface area contributed by atoms with Crippen molar-refractivity contribution in [2.24, 2.45) is 0 Å². The van der Waals surface area contributed by atoms with Crippen molar-refractivity contribution in [1.82, 2.24) is 9.21 Å². The summed E-state index contributed by atoms with van der Waals surface area (Å²) in [5.74, 6) is 0.590. The molecule has 1 fully saturated rings. The van der Waals surface area contributed by atoms with Crippen LogP contribution in [0.1, 0.15) is 16.3 Å². The molecule has 9 nitrogen and oxygen atoms in total. The number of hydrogen-bond donors (Lipinski definition) is 0. The molecule has 0 radical (unpaired) electrons. The van der Waals surface area contributed by atoms with E-state index in [-0.39, 0.29) is 48.4 Å². The van der Waals surface area contributed by atoms with E-state index in [0.717, 1.165) is 12.1 Å². The molecule has 0 N–H and O–H groups in total. The first-order chi connectivity index (χ1) is 12.3. The van der Waals surface area contributed by atoms with Gasteiger partial charge in [-0.1, -0.05) is 0 Å². The van der Waals surface area contributed by atoms with E-state index in [1.54, 1.807) is 24.0 Å². The molecule has 0 aliphatic carbocycles. The first-order valence-electron chi connectivity index (χ1n) is 7.89. The molecule has 1 aliphatic heterocycles. The van der Waals surface area contributed by atoms with Gasteiger partial charge >= 0.3 is 0 Å². The second-order valence-corrected chi connectivity index (χ2v) is 7.80. The minimum Gasteiger partial charge on any atom is -0.456 e. The molecule has 0 saturated carbocycles. The fraction of sp³-hybridized carbons (Fsp3) is 0.312. The molecule has 26 heavy (non-hydrogen) atoms. The van der Waals surface area contributed by atoms with E-state index < -0.39 is 14.9 Å². The summed E-state index contributed by atoms with van der Waals surface area (Å²) in [5.41, 5.74) is -0.173. The van der Waals surface area contributed by atoms with Crippen LogP contribution in [0.3, 0.4) is 0 Å². The van der Waals surface area contributed by atoms with Crippen LogP contribution >= 0.6 is 0 Å². The number of piperazine rings is 1. The summed E-state index contributed by atoms with van der Waals surface area (Å²) in [6, 6.07) is 8.05. The first-order valence-corrected chi connectivity index (χ1v) is 9.33. The van der Waals surface area contributed by atoms with E-state index in [1.165, 1.54) is 16.4 Å². The normalized spacial score (nSPS) is 15.8. The molecule has 2 heterocycles. The van der Waals surface area contributed by atoms with Crippen LogP contribution in [0.2, 0.25) is 0 Å². The Morgan fingerprint density at radius 3 is 2.19 bits per heavy atom. The summed E-state index contributed by atoms with van der Waals surface area (Å²) in [6.07, 6.45) is 0. The lowest BCUT2D eigenvalue weighted by atomic mass is 10.3. The van der Waals surface area contributed by atoms with Gasteiger partial charge in [-0.25, -0.2) is 8.42 Å². The van der Waals surface area contributed by atoms with Gasteiger partial charge in [-0.3, -0.25) is 14.9 Å². The van der Waals surface area contributed by atoms with Crippen LogP contribution in [0.4, 0.5) is 5.69 Å². The molecule has 10 heteroatoms. The number of hydrogen-bond acceptors (Lipinski definition) is 6. The van der Waals surface area contributed by atoms with E-state index in [4.69, 9.17) is 4.42 Å². The number of rotatable bonds is 4. The number of aryl methyl sites for hydroxylation is 1. The number of nitrogens with zero attached hydrogens (tertiary/aromatic N) is 3. The van der Waals surface area contributed by atoms with Crippen LogP contribution in [-0.4, -0.2) is 54.6 Å². The molecule has 0 atom stereocenters. The predicted molar refractivity (Wildman–Crippen MR) is 91.2 cm³/mol. The molecule has 138 valence electrons. The van der Waals surface area contributed by atoms with Gasteiger partial charge in [0.15, 0.2) is 5.76 Å². The maximum Gasteiger partial charge on any atom is 0.289 e. The number of carbonyl (C=O) groups is 1. The minimum absolute atomic E-state index is 0.00969. The number of carbonyl (C=O) groups excluding carboxylic acids is 1.